The molecular weight excluding hydrogens is 287 g/mol. The topological polar surface area (TPSA) is 69.2 Å². The quantitative estimate of drug-likeness (QED) is 0.524. The summed E-state index contributed by atoms with van der Waals surface area (Å²) in [5, 5.41) is 11.3. The third-order valence-corrected chi connectivity index (χ3v) is 2.99. The fourth-order valence-corrected chi connectivity index (χ4v) is 2.04. The van der Waals surface area contributed by atoms with Crippen LogP contribution >= 0.6 is 11.6 Å². The number of para-hydroxylation sites is 1. The average Bonchev–Trinajstić information content (AvgIpc) is 2.83. The van der Waals surface area contributed by atoms with Crippen LogP contribution in [0, 0.1) is 15.9 Å². The Balaban J connectivity index is 2.27. The fourth-order valence-electron chi connectivity index (χ4n) is 1.87. The van der Waals surface area contributed by atoms with Crippen molar-refractivity contribution in [1.29, 1.82) is 0 Å². The average molecular weight is 293 g/mol. The minimum absolute atomic E-state index is 0.0248. The monoisotopic (exact) mass is 292 g/mol. The molecule has 0 fully saturated rings. The first-order valence-electron chi connectivity index (χ1n) is 5.55. The van der Waals surface area contributed by atoms with E-state index in [-0.39, 0.29) is 28.2 Å². The van der Waals surface area contributed by atoms with Gasteiger partial charge in [-0.25, -0.2) is 9.37 Å². The molecule has 100 valence electrons. The molecule has 7 heteroatoms. The van der Waals surface area contributed by atoms with Gasteiger partial charge in [-0.1, -0.05) is 17.7 Å². The molecule has 5 nitrogen and oxygen atoms in total. The Hall–Kier alpha value is -2.47. The number of benzene rings is 2. The highest BCUT2D eigenvalue weighted by Gasteiger charge is 2.21. The fraction of sp³-hybridized carbons (Fsp3) is 0. The molecule has 0 saturated carbocycles. The number of nitrogens with zero attached hydrogens (tertiary/aromatic N) is 2. The predicted octanol–water partition coefficient (Wildman–Crippen LogP) is 4.20. The number of hydrogen-bond acceptors (Lipinski definition) is 4. The molecule has 1 aromatic heterocycles. The molecule has 3 aromatic rings. The van der Waals surface area contributed by atoms with Crippen LogP contribution in [0.5, 0.6) is 0 Å². The van der Waals surface area contributed by atoms with E-state index < -0.39 is 10.7 Å². The van der Waals surface area contributed by atoms with Crippen LogP contribution in [0.3, 0.4) is 0 Å². The SMILES string of the molecule is O=[N+]([O-])c1ccc(Cl)cc1-c1nc2c(F)cccc2o1. The third-order valence-electron chi connectivity index (χ3n) is 2.76. The zero-order valence-electron chi connectivity index (χ0n) is 9.84. The van der Waals surface area contributed by atoms with Gasteiger partial charge in [-0.3, -0.25) is 10.1 Å². The lowest BCUT2D eigenvalue weighted by Crippen LogP contribution is -1.92. The second kappa shape index (κ2) is 4.57. The highest BCUT2D eigenvalue weighted by Crippen LogP contribution is 2.34. The molecule has 0 unspecified atom stereocenters. The van der Waals surface area contributed by atoms with Crippen molar-refractivity contribution in [3.63, 3.8) is 0 Å². The van der Waals surface area contributed by atoms with Gasteiger partial charge in [0.15, 0.2) is 11.4 Å². The molecule has 0 aliphatic rings. The van der Waals surface area contributed by atoms with Crippen LogP contribution in [0.4, 0.5) is 10.1 Å². The second-order valence-electron chi connectivity index (χ2n) is 4.02. The zero-order chi connectivity index (χ0) is 14.3. The van der Waals surface area contributed by atoms with Gasteiger partial charge >= 0.3 is 0 Å². The molecule has 0 amide bonds. The summed E-state index contributed by atoms with van der Waals surface area (Å²) in [6, 6.07) is 8.25. The molecule has 20 heavy (non-hydrogen) atoms. The second-order valence-corrected chi connectivity index (χ2v) is 4.46. The van der Waals surface area contributed by atoms with E-state index in [4.69, 9.17) is 16.0 Å². The summed E-state index contributed by atoms with van der Waals surface area (Å²) in [5.41, 5.74) is 0.144. The summed E-state index contributed by atoms with van der Waals surface area (Å²) in [6.45, 7) is 0. The van der Waals surface area contributed by atoms with Crippen LogP contribution in [0.2, 0.25) is 5.02 Å². The predicted molar refractivity (Wildman–Crippen MR) is 71.1 cm³/mol. The van der Waals surface area contributed by atoms with E-state index in [9.17, 15) is 14.5 Å². The number of rotatable bonds is 2. The van der Waals surface area contributed by atoms with Gasteiger partial charge in [0.05, 0.1) is 4.92 Å². The summed E-state index contributed by atoms with van der Waals surface area (Å²) in [6.07, 6.45) is 0. The largest absolute Gasteiger partial charge is 0.436 e. The smallest absolute Gasteiger partial charge is 0.282 e. The van der Waals surface area contributed by atoms with Gasteiger partial charge in [0.1, 0.15) is 11.1 Å². The molecule has 0 N–H and O–H groups in total. The van der Waals surface area contributed by atoms with E-state index in [1.54, 1.807) is 0 Å². The van der Waals surface area contributed by atoms with E-state index in [2.05, 4.69) is 4.98 Å². The van der Waals surface area contributed by atoms with Gasteiger partial charge in [-0.15, -0.1) is 0 Å². The molecule has 1 heterocycles. The van der Waals surface area contributed by atoms with Crippen LogP contribution in [-0.2, 0) is 0 Å². The first-order chi connectivity index (χ1) is 9.56. The molecule has 0 radical (unpaired) electrons. The van der Waals surface area contributed by atoms with Crippen LogP contribution in [0.15, 0.2) is 40.8 Å². The van der Waals surface area contributed by atoms with Crippen molar-refractivity contribution >= 4 is 28.4 Å². The van der Waals surface area contributed by atoms with Crippen molar-refractivity contribution in [2.75, 3.05) is 0 Å². The number of nitro groups is 1. The van der Waals surface area contributed by atoms with Crippen molar-refractivity contribution in [2.45, 2.75) is 0 Å². The van der Waals surface area contributed by atoms with Gasteiger partial charge in [0, 0.05) is 11.1 Å². The lowest BCUT2D eigenvalue weighted by atomic mass is 10.2. The van der Waals surface area contributed by atoms with Crippen molar-refractivity contribution in [3.8, 4) is 11.5 Å². The van der Waals surface area contributed by atoms with Gasteiger partial charge < -0.3 is 4.42 Å². The molecule has 0 saturated heterocycles. The van der Waals surface area contributed by atoms with E-state index in [1.807, 2.05) is 0 Å². The third kappa shape index (κ3) is 2.00. The highest BCUT2D eigenvalue weighted by atomic mass is 35.5. The Bertz CT molecular complexity index is 832. The maximum Gasteiger partial charge on any atom is 0.282 e. The minimum atomic E-state index is -0.573. The zero-order valence-corrected chi connectivity index (χ0v) is 10.6. The first kappa shape index (κ1) is 12.6. The number of halogens is 2. The number of fused-ring (bicyclic) bond motifs is 1. The normalized spacial score (nSPS) is 10.9. The molecule has 0 atom stereocenters. The van der Waals surface area contributed by atoms with Gasteiger partial charge in [-0.05, 0) is 24.3 Å². The lowest BCUT2D eigenvalue weighted by molar-refractivity contribution is -0.384. The van der Waals surface area contributed by atoms with Crippen molar-refractivity contribution in [3.05, 3.63) is 57.4 Å². The number of nitro benzene ring substituents is 1. The summed E-state index contributed by atoms with van der Waals surface area (Å²) in [7, 11) is 0. The maximum atomic E-state index is 13.6. The number of hydrogen-bond donors (Lipinski definition) is 0. The van der Waals surface area contributed by atoms with Crippen LogP contribution in [-0.4, -0.2) is 9.91 Å². The molecule has 0 aliphatic carbocycles. The maximum absolute atomic E-state index is 13.6. The first-order valence-corrected chi connectivity index (χ1v) is 5.93. The highest BCUT2D eigenvalue weighted by molar-refractivity contribution is 6.31. The Morgan fingerprint density at radius 1 is 1.30 bits per heavy atom. The summed E-state index contributed by atoms with van der Waals surface area (Å²) in [5.74, 6) is -0.596. The van der Waals surface area contributed by atoms with E-state index in [0.29, 0.717) is 5.02 Å². The number of aromatic nitrogens is 1. The molecule has 0 spiro atoms. The van der Waals surface area contributed by atoms with Crippen molar-refractivity contribution < 1.29 is 13.7 Å². The van der Waals surface area contributed by atoms with E-state index >= 15 is 0 Å². The Morgan fingerprint density at radius 2 is 2.10 bits per heavy atom. The van der Waals surface area contributed by atoms with E-state index in [1.165, 1.54) is 36.4 Å². The Morgan fingerprint density at radius 3 is 2.80 bits per heavy atom. The van der Waals surface area contributed by atoms with E-state index in [0.717, 1.165) is 0 Å². The lowest BCUT2D eigenvalue weighted by Gasteiger charge is -1.98. The Kier molecular flexibility index (Phi) is 2.87. The van der Waals surface area contributed by atoms with Crippen LogP contribution < -0.4 is 0 Å². The van der Waals surface area contributed by atoms with Gasteiger partial charge in [-0.2, -0.15) is 0 Å². The molecular formula is C13H6ClFN2O3. The minimum Gasteiger partial charge on any atom is -0.436 e. The molecule has 0 bridgehead atoms. The van der Waals surface area contributed by atoms with Gasteiger partial charge in [0.2, 0.25) is 5.89 Å². The molecule has 3 rings (SSSR count). The van der Waals surface area contributed by atoms with Crippen LogP contribution in [0.1, 0.15) is 0 Å². The van der Waals surface area contributed by atoms with Crippen molar-refractivity contribution in [2.24, 2.45) is 0 Å². The number of oxazole rings is 1. The summed E-state index contributed by atoms with van der Waals surface area (Å²) < 4.78 is 18.9. The van der Waals surface area contributed by atoms with Crippen LogP contribution in [0.25, 0.3) is 22.6 Å². The summed E-state index contributed by atoms with van der Waals surface area (Å²) >= 11 is 5.84. The molecule has 2 aromatic carbocycles. The summed E-state index contributed by atoms with van der Waals surface area (Å²) in [4.78, 5) is 14.4. The van der Waals surface area contributed by atoms with Gasteiger partial charge in [0.25, 0.3) is 5.69 Å². The van der Waals surface area contributed by atoms with Crippen molar-refractivity contribution in [1.82, 2.24) is 4.98 Å². The standard InChI is InChI=1S/C13H6ClFN2O3/c14-7-4-5-10(17(18)19)8(6-7)13-16-12-9(15)2-1-3-11(12)20-13/h1-6H. The Labute approximate surface area is 116 Å². The molecule has 0 aliphatic heterocycles.